The van der Waals surface area contributed by atoms with Gasteiger partial charge in [0, 0.05) is 23.6 Å². The Labute approximate surface area is 125 Å². The van der Waals surface area contributed by atoms with Gasteiger partial charge in [-0.3, -0.25) is 0 Å². The number of halogens is 3. The number of nitrogens with zero attached hydrogens (tertiary/aromatic N) is 1. The van der Waals surface area contributed by atoms with Gasteiger partial charge < -0.3 is 10.6 Å². The second kappa shape index (κ2) is 5.80. The predicted octanol–water partition coefficient (Wildman–Crippen LogP) is 4.46. The van der Waals surface area contributed by atoms with Gasteiger partial charge in [0.1, 0.15) is 5.82 Å². The van der Waals surface area contributed by atoms with E-state index in [1.54, 1.807) is 12.1 Å². The SMILES string of the molecule is CN(Cc1cccc(Cl)c1F)c1ccc(Br)cc1N. The molecular formula is C14H13BrClFN2. The van der Waals surface area contributed by atoms with Gasteiger partial charge in [0.05, 0.1) is 16.4 Å². The van der Waals surface area contributed by atoms with Crippen molar-refractivity contribution in [3.63, 3.8) is 0 Å². The third-order valence-corrected chi connectivity index (χ3v) is 3.63. The summed E-state index contributed by atoms with van der Waals surface area (Å²) >= 11 is 9.13. The molecule has 0 atom stereocenters. The summed E-state index contributed by atoms with van der Waals surface area (Å²) in [5, 5.41) is 0.134. The van der Waals surface area contributed by atoms with E-state index in [1.807, 2.05) is 30.1 Å². The van der Waals surface area contributed by atoms with Gasteiger partial charge >= 0.3 is 0 Å². The lowest BCUT2D eigenvalue weighted by molar-refractivity contribution is 0.608. The second-order valence-corrected chi connectivity index (χ2v) is 5.60. The van der Waals surface area contributed by atoms with Crippen LogP contribution in [0.3, 0.4) is 0 Å². The van der Waals surface area contributed by atoms with E-state index in [-0.39, 0.29) is 10.8 Å². The molecule has 2 aromatic rings. The average Bonchev–Trinajstić information content (AvgIpc) is 2.34. The van der Waals surface area contributed by atoms with Crippen LogP contribution in [0, 0.1) is 5.82 Å². The van der Waals surface area contributed by atoms with E-state index in [1.165, 1.54) is 6.07 Å². The predicted molar refractivity (Wildman–Crippen MR) is 82.1 cm³/mol. The minimum Gasteiger partial charge on any atom is -0.397 e. The molecule has 0 amide bonds. The maximum absolute atomic E-state index is 13.8. The zero-order valence-electron chi connectivity index (χ0n) is 10.3. The normalized spacial score (nSPS) is 10.5. The lowest BCUT2D eigenvalue weighted by Gasteiger charge is -2.21. The number of benzene rings is 2. The van der Waals surface area contributed by atoms with E-state index in [0.717, 1.165) is 10.2 Å². The molecule has 0 saturated heterocycles. The molecule has 0 aliphatic heterocycles. The van der Waals surface area contributed by atoms with Crippen molar-refractivity contribution in [2.75, 3.05) is 17.7 Å². The first-order chi connectivity index (χ1) is 8.99. The van der Waals surface area contributed by atoms with E-state index >= 15 is 0 Å². The van der Waals surface area contributed by atoms with E-state index in [0.29, 0.717) is 17.8 Å². The van der Waals surface area contributed by atoms with Gasteiger partial charge in [0.15, 0.2) is 0 Å². The highest BCUT2D eigenvalue weighted by molar-refractivity contribution is 9.10. The molecule has 100 valence electrons. The molecule has 0 aromatic heterocycles. The van der Waals surface area contributed by atoms with Gasteiger partial charge in [0.2, 0.25) is 0 Å². The fraction of sp³-hybridized carbons (Fsp3) is 0.143. The Kier molecular flexibility index (Phi) is 4.32. The largest absolute Gasteiger partial charge is 0.397 e. The van der Waals surface area contributed by atoms with Gasteiger partial charge in [-0.05, 0) is 24.3 Å². The highest BCUT2D eigenvalue weighted by Gasteiger charge is 2.11. The summed E-state index contributed by atoms with van der Waals surface area (Å²) in [4.78, 5) is 1.89. The number of nitrogens with two attached hydrogens (primary N) is 1. The van der Waals surface area contributed by atoms with Crippen LogP contribution in [0.15, 0.2) is 40.9 Å². The molecule has 0 fully saturated rings. The summed E-state index contributed by atoms with van der Waals surface area (Å²) in [5.41, 5.74) is 7.98. The highest BCUT2D eigenvalue weighted by atomic mass is 79.9. The molecular weight excluding hydrogens is 331 g/mol. The van der Waals surface area contributed by atoms with Crippen LogP contribution in [-0.2, 0) is 6.54 Å². The first-order valence-corrected chi connectivity index (χ1v) is 6.85. The van der Waals surface area contributed by atoms with Crippen molar-refractivity contribution in [2.24, 2.45) is 0 Å². The molecule has 2 aromatic carbocycles. The van der Waals surface area contributed by atoms with Crippen molar-refractivity contribution >= 4 is 38.9 Å². The molecule has 5 heteroatoms. The topological polar surface area (TPSA) is 29.3 Å². The third-order valence-electron chi connectivity index (χ3n) is 2.84. The quantitative estimate of drug-likeness (QED) is 0.834. The Hall–Kier alpha value is -1.26. The summed E-state index contributed by atoms with van der Waals surface area (Å²) < 4.78 is 14.8. The maximum atomic E-state index is 13.8. The van der Waals surface area contributed by atoms with Crippen molar-refractivity contribution in [3.05, 3.63) is 57.3 Å². The van der Waals surface area contributed by atoms with E-state index in [4.69, 9.17) is 17.3 Å². The Morgan fingerprint density at radius 3 is 2.74 bits per heavy atom. The summed E-state index contributed by atoms with van der Waals surface area (Å²) in [6.07, 6.45) is 0. The van der Waals surface area contributed by atoms with E-state index < -0.39 is 0 Å². The van der Waals surface area contributed by atoms with Crippen LogP contribution in [-0.4, -0.2) is 7.05 Å². The second-order valence-electron chi connectivity index (χ2n) is 4.27. The van der Waals surface area contributed by atoms with Crippen molar-refractivity contribution in [2.45, 2.75) is 6.54 Å². The van der Waals surface area contributed by atoms with Crippen LogP contribution < -0.4 is 10.6 Å². The molecule has 0 aliphatic rings. The van der Waals surface area contributed by atoms with Gasteiger partial charge in [-0.1, -0.05) is 39.7 Å². The number of hydrogen-bond donors (Lipinski definition) is 1. The molecule has 0 aliphatic carbocycles. The lowest BCUT2D eigenvalue weighted by atomic mass is 10.2. The van der Waals surface area contributed by atoms with E-state index in [9.17, 15) is 4.39 Å². The first-order valence-electron chi connectivity index (χ1n) is 5.68. The summed E-state index contributed by atoms with van der Waals surface area (Å²) in [6, 6.07) is 10.6. The van der Waals surface area contributed by atoms with Gasteiger partial charge in [-0.2, -0.15) is 0 Å². The first kappa shape index (κ1) is 14.2. The summed E-state index contributed by atoms with van der Waals surface area (Å²) in [7, 11) is 1.86. The number of hydrogen-bond acceptors (Lipinski definition) is 2. The highest BCUT2D eigenvalue weighted by Crippen LogP contribution is 2.28. The Morgan fingerprint density at radius 1 is 1.32 bits per heavy atom. The molecule has 0 bridgehead atoms. The van der Waals surface area contributed by atoms with Crippen LogP contribution >= 0.6 is 27.5 Å². The summed E-state index contributed by atoms with van der Waals surface area (Å²) in [5.74, 6) is -0.383. The van der Waals surface area contributed by atoms with Crippen LogP contribution in [0.2, 0.25) is 5.02 Å². The molecule has 2 rings (SSSR count). The minimum atomic E-state index is -0.383. The Bertz CT molecular complexity index is 604. The molecule has 0 unspecified atom stereocenters. The van der Waals surface area contributed by atoms with Crippen LogP contribution in [0.4, 0.5) is 15.8 Å². The Balaban J connectivity index is 2.25. The fourth-order valence-electron chi connectivity index (χ4n) is 1.88. The van der Waals surface area contributed by atoms with Gasteiger partial charge in [0.25, 0.3) is 0 Å². The molecule has 0 radical (unpaired) electrons. The summed E-state index contributed by atoms with van der Waals surface area (Å²) in [6.45, 7) is 0.401. The van der Waals surface area contributed by atoms with Crippen LogP contribution in [0.1, 0.15) is 5.56 Å². The molecule has 19 heavy (non-hydrogen) atoms. The monoisotopic (exact) mass is 342 g/mol. The number of anilines is 2. The smallest absolute Gasteiger partial charge is 0.146 e. The van der Waals surface area contributed by atoms with Crippen LogP contribution in [0.5, 0.6) is 0 Å². The number of nitrogen functional groups attached to an aromatic ring is 1. The molecule has 0 spiro atoms. The minimum absolute atomic E-state index is 0.134. The average molecular weight is 344 g/mol. The van der Waals surface area contributed by atoms with Crippen molar-refractivity contribution < 1.29 is 4.39 Å². The fourth-order valence-corrected chi connectivity index (χ4v) is 2.46. The zero-order chi connectivity index (χ0) is 14.0. The van der Waals surface area contributed by atoms with Crippen molar-refractivity contribution in [3.8, 4) is 0 Å². The standard InChI is InChI=1S/C14H13BrClFN2/c1-19(13-6-5-10(15)7-12(13)18)8-9-3-2-4-11(16)14(9)17/h2-7H,8,18H2,1H3. The van der Waals surface area contributed by atoms with E-state index in [2.05, 4.69) is 15.9 Å². The molecule has 2 N–H and O–H groups in total. The lowest BCUT2D eigenvalue weighted by Crippen LogP contribution is -2.18. The molecule has 0 saturated carbocycles. The number of rotatable bonds is 3. The third kappa shape index (κ3) is 3.19. The Morgan fingerprint density at radius 2 is 2.05 bits per heavy atom. The van der Waals surface area contributed by atoms with Gasteiger partial charge in [-0.15, -0.1) is 0 Å². The molecule has 2 nitrogen and oxygen atoms in total. The zero-order valence-corrected chi connectivity index (χ0v) is 12.7. The van der Waals surface area contributed by atoms with Crippen molar-refractivity contribution in [1.82, 2.24) is 0 Å². The maximum Gasteiger partial charge on any atom is 0.146 e. The van der Waals surface area contributed by atoms with Crippen molar-refractivity contribution in [1.29, 1.82) is 0 Å². The van der Waals surface area contributed by atoms with Crippen LogP contribution in [0.25, 0.3) is 0 Å². The molecule has 0 heterocycles. The van der Waals surface area contributed by atoms with Gasteiger partial charge in [-0.25, -0.2) is 4.39 Å².